The first kappa shape index (κ1) is 12.6. The maximum atomic E-state index is 11.2. The van der Waals surface area contributed by atoms with Gasteiger partial charge in [-0.05, 0) is 18.1 Å². The van der Waals surface area contributed by atoms with Gasteiger partial charge in [0.25, 0.3) is 0 Å². The van der Waals surface area contributed by atoms with Gasteiger partial charge in [0.1, 0.15) is 6.04 Å². The Balaban J connectivity index is 2.96. The van der Waals surface area contributed by atoms with E-state index in [9.17, 15) is 13.2 Å². The number of rotatable bonds is 4. The SMILES string of the molecule is CS(=O)(=O)c1cncc(CC(N)C(=O)O)c1. The van der Waals surface area contributed by atoms with Gasteiger partial charge in [0.15, 0.2) is 9.84 Å². The molecule has 0 aliphatic rings. The Morgan fingerprint density at radius 1 is 1.56 bits per heavy atom. The van der Waals surface area contributed by atoms with E-state index in [-0.39, 0.29) is 11.3 Å². The van der Waals surface area contributed by atoms with E-state index in [1.807, 2.05) is 0 Å². The summed E-state index contributed by atoms with van der Waals surface area (Å²) in [7, 11) is -3.33. The highest BCUT2D eigenvalue weighted by Crippen LogP contribution is 2.10. The zero-order valence-corrected chi connectivity index (χ0v) is 9.44. The first-order valence-corrected chi connectivity index (χ1v) is 6.32. The number of aromatic nitrogens is 1. The third kappa shape index (κ3) is 3.28. The summed E-state index contributed by atoms with van der Waals surface area (Å²) in [5.41, 5.74) is 5.81. The smallest absolute Gasteiger partial charge is 0.320 e. The molecule has 1 aromatic heterocycles. The standard InChI is InChI=1S/C9H12N2O4S/c1-16(14,15)7-2-6(4-11-5-7)3-8(10)9(12)13/h2,4-5,8H,3,10H2,1H3,(H,12,13). The van der Waals surface area contributed by atoms with Crippen molar-refractivity contribution in [3.63, 3.8) is 0 Å². The molecule has 6 nitrogen and oxygen atoms in total. The summed E-state index contributed by atoms with van der Waals surface area (Å²) in [6, 6.07) is 0.321. The fraction of sp³-hybridized carbons (Fsp3) is 0.333. The molecule has 1 heterocycles. The number of carboxylic acid groups (broad SMARTS) is 1. The van der Waals surface area contributed by atoms with Crippen molar-refractivity contribution in [1.82, 2.24) is 4.98 Å². The van der Waals surface area contributed by atoms with Crippen molar-refractivity contribution in [2.75, 3.05) is 6.26 Å². The normalized spacial score (nSPS) is 13.4. The van der Waals surface area contributed by atoms with Crippen molar-refractivity contribution in [2.24, 2.45) is 5.73 Å². The minimum absolute atomic E-state index is 0.0473. The number of hydrogen-bond donors (Lipinski definition) is 2. The summed E-state index contributed by atoms with van der Waals surface area (Å²) in [6.45, 7) is 0. The second kappa shape index (κ2) is 4.58. The molecule has 0 aliphatic heterocycles. The molecule has 1 unspecified atom stereocenters. The van der Waals surface area contributed by atoms with Crippen molar-refractivity contribution in [2.45, 2.75) is 17.4 Å². The minimum atomic E-state index is -3.33. The molecule has 0 fully saturated rings. The molecule has 0 aromatic carbocycles. The van der Waals surface area contributed by atoms with Crippen LogP contribution < -0.4 is 5.73 Å². The lowest BCUT2D eigenvalue weighted by Gasteiger charge is -2.06. The van der Waals surface area contributed by atoms with Gasteiger partial charge in [-0.1, -0.05) is 0 Å². The van der Waals surface area contributed by atoms with Gasteiger partial charge in [0.05, 0.1) is 4.90 Å². The van der Waals surface area contributed by atoms with E-state index < -0.39 is 21.8 Å². The largest absolute Gasteiger partial charge is 0.480 e. The molecule has 0 saturated carbocycles. The molecule has 0 aliphatic carbocycles. The van der Waals surface area contributed by atoms with E-state index in [2.05, 4.69) is 4.98 Å². The van der Waals surface area contributed by atoms with Crippen LogP contribution in [0.3, 0.4) is 0 Å². The van der Waals surface area contributed by atoms with E-state index >= 15 is 0 Å². The predicted molar refractivity (Wildman–Crippen MR) is 56.7 cm³/mol. The van der Waals surface area contributed by atoms with Crippen molar-refractivity contribution < 1.29 is 18.3 Å². The first-order chi connectivity index (χ1) is 7.30. The zero-order chi connectivity index (χ0) is 12.3. The molecule has 1 atom stereocenters. The average molecular weight is 244 g/mol. The highest BCUT2D eigenvalue weighted by Gasteiger charge is 2.14. The molecule has 16 heavy (non-hydrogen) atoms. The second-order valence-electron chi connectivity index (χ2n) is 3.45. The van der Waals surface area contributed by atoms with Gasteiger partial charge < -0.3 is 10.8 Å². The number of pyridine rings is 1. The molecule has 0 bridgehead atoms. The van der Waals surface area contributed by atoms with Crippen LogP contribution in [0.2, 0.25) is 0 Å². The van der Waals surface area contributed by atoms with Crippen LogP contribution in [0.25, 0.3) is 0 Å². The second-order valence-corrected chi connectivity index (χ2v) is 5.47. The Bertz CT molecular complexity index is 498. The summed E-state index contributed by atoms with van der Waals surface area (Å²) in [4.78, 5) is 14.3. The Hall–Kier alpha value is -1.47. The third-order valence-corrected chi connectivity index (χ3v) is 3.05. The van der Waals surface area contributed by atoms with Crippen LogP contribution in [0.5, 0.6) is 0 Å². The quantitative estimate of drug-likeness (QED) is 0.734. The molecule has 1 rings (SSSR count). The number of hydrogen-bond acceptors (Lipinski definition) is 5. The number of carbonyl (C=O) groups is 1. The Labute approximate surface area is 93.0 Å². The van der Waals surface area contributed by atoms with E-state index in [0.717, 1.165) is 6.26 Å². The van der Waals surface area contributed by atoms with Crippen molar-refractivity contribution >= 4 is 15.8 Å². The molecule has 0 spiro atoms. The zero-order valence-electron chi connectivity index (χ0n) is 8.62. The molecule has 0 saturated heterocycles. The topological polar surface area (TPSA) is 110 Å². The van der Waals surface area contributed by atoms with Gasteiger partial charge in [-0.25, -0.2) is 8.42 Å². The van der Waals surface area contributed by atoms with Crippen LogP contribution in [0.15, 0.2) is 23.4 Å². The molecule has 0 amide bonds. The fourth-order valence-electron chi connectivity index (χ4n) is 1.12. The Kier molecular flexibility index (Phi) is 3.61. The summed E-state index contributed by atoms with van der Waals surface area (Å²) >= 11 is 0. The van der Waals surface area contributed by atoms with Crippen molar-refractivity contribution in [1.29, 1.82) is 0 Å². The van der Waals surface area contributed by atoms with Crippen LogP contribution in [-0.2, 0) is 21.1 Å². The van der Waals surface area contributed by atoms with Crippen LogP contribution in [-0.4, -0.2) is 36.8 Å². The maximum absolute atomic E-state index is 11.2. The summed E-state index contributed by atoms with van der Waals surface area (Å²) < 4.78 is 22.4. The van der Waals surface area contributed by atoms with Crippen LogP contribution in [0.4, 0.5) is 0 Å². The van der Waals surface area contributed by atoms with Crippen LogP contribution >= 0.6 is 0 Å². The monoisotopic (exact) mass is 244 g/mol. The van der Waals surface area contributed by atoms with E-state index in [1.165, 1.54) is 18.5 Å². The number of carboxylic acids is 1. The predicted octanol–water partition coefficient (Wildman–Crippen LogP) is -0.560. The van der Waals surface area contributed by atoms with Gasteiger partial charge >= 0.3 is 5.97 Å². The van der Waals surface area contributed by atoms with Gasteiger partial charge in [-0.2, -0.15) is 0 Å². The van der Waals surface area contributed by atoms with Gasteiger partial charge in [0, 0.05) is 18.6 Å². The summed E-state index contributed by atoms with van der Waals surface area (Å²) in [6.07, 6.45) is 3.72. The van der Waals surface area contributed by atoms with Crippen molar-refractivity contribution in [3.05, 3.63) is 24.0 Å². The summed E-state index contributed by atoms with van der Waals surface area (Å²) in [5.74, 6) is -1.13. The molecular formula is C9H12N2O4S. The number of nitrogens with two attached hydrogens (primary N) is 1. The third-order valence-electron chi connectivity index (χ3n) is 1.97. The number of nitrogens with zero attached hydrogens (tertiary/aromatic N) is 1. The molecule has 7 heteroatoms. The van der Waals surface area contributed by atoms with E-state index in [0.29, 0.717) is 5.56 Å². The molecular weight excluding hydrogens is 232 g/mol. The summed E-state index contributed by atoms with van der Waals surface area (Å²) in [5, 5.41) is 8.61. The average Bonchev–Trinajstić information content (AvgIpc) is 2.16. The molecule has 3 N–H and O–H groups in total. The Morgan fingerprint density at radius 3 is 2.69 bits per heavy atom. The van der Waals surface area contributed by atoms with Crippen LogP contribution in [0.1, 0.15) is 5.56 Å². The minimum Gasteiger partial charge on any atom is -0.480 e. The maximum Gasteiger partial charge on any atom is 0.320 e. The van der Waals surface area contributed by atoms with Crippen LogP contribution in [0, 0.1) is 0 Å². The van der Waals surface area contributed by atoms with Crippen molar-refractivity contribution in [3.8, 4) is 0 Å². The highest BCUT2D eigenvalue weighted by atomic mass is 32.2. The molecule has 1 aromatic rings. The van der Waals surface area contributed by atoms with Gasteiger partial charge in [-0.15, -0.1) is 0 Å². The van der Waals surface area contributed by atoms with E-state index in [4.69, 9.17) is 10.8 Å². The lowest BCUT2D eigenvalue weighted by Crippen LogP contribution is -2.32. The first-order valence-electron chi connectivity index (χ1n) is 4.43. The van der Waals surface area contributed by atoms with Gasteiger partial charge in [0.2, 0.25) is 0 Å². The van der Waals surface area contributed by atoms with Gasteiger partial charge in [-0.3, -0.25) is 9.78 Å². The lowest BCUT2D eigenvalue weighted by molar-refractivity contribution is -0.138. The molecule has 88 valence electrons. The lowest BCUT2D eigenvalue weighted by atomic mass is 10.1. The molecule has 0 radical (unpaired) electrons. The highest BCUT2D eigenvalue weighted by molar-refractivity contribution is 7.90. The Morgan fingerprint density at radius 2 is 2.19 bits per heavy atom. The number of sulfone groups is 1. The fourth-order valence-corrected chi connectivity index (χ4v) is 1.74. The number of aliphatic carboxylic acids is 1. The van der Waals surface area contributed by atoms with E-state index in [1.54, 1.807) is 0 Å².